The van der Waals surface area contributed by atoms with Crippen LogP contribution in [0.3, 0.4) is 0 Å². The number of hydrogen-bond acceptors (Lipinski definition) is 3. The highest BCUT2D eigenvalue weighted by atomic mass is 32.2. The van der Waals surface area contributed by atoms with Crippen molar-refractivity contribution in [2.75, 3.05) is 12.3 Å². The quantitative estimate of drug-likeness (QED) is 0.882. The minimum Gasteiger partial charge on any atom is -0.309 e. The van der Waals surface area contributed by atoms with E-state index in [1.807, 2.05) is 6.07 Å². The maximum absolute atomic E-state index is 11.0. The van der Waals surface area contributed by atoms with E-state index in [2.05, 4.69) is 37.4 Å². The Balaban J connectivity index is 2.12. The Kier molecular flexibility index (Phi) is 3.99. The fourth-order valence-electron chi connectivity index (χ4n) is 2.80. The fraction of sp³-hybridized carbons (Fsp3) is 0.571. The number of primary sulfonamides is 1. The summed E-state index contributed by atoms with van der Waals surface area (Å²) >= 11 is 0. The zero-order valence-electron chi connectivity index (χ0n) is 11.5. The van der Waals surface area contributed by atoms with Crippen molar-refractivity contribution in [1.29, 1.82) is 0 Å². The van der Waals surface area contributed by atoms with Crippen LogP contribution in [0, 0.1) is 0 Å². The van der Waals surface area contributed by atoms with Crippen LogP contribution in [-0.2, 0) is 15.4 Å². The summed E-state index contributed by atoms with van der Waals surface area (Å²) in [5.41, 5.74) is 2.83. The summed E-state index contributed by atoms with van der Waals surface area (Å²) in [4.78, 5) is 0. The molecule has 0 bridgehead atoms. The van der Waals surface area contributed by atoms with Crippen LogP contribution in [-0.4, -0.2) is 20.7 Å². The van der Waals surface area contributed by atoms with Gasteiger partial charge >= 0.3 is 0 Å². The number of hydrogen-bond donors (Lipinski definition) is 2. The summed E-state index contributed by atoms with van der Waals surface area (Å²) < 4.78 is 21.9. The van der Waals surface area contributed by atoms with Crippen LogP contribution in [0.5, 0.6) is 0 Å². The third kappa shape index (κ3) is 3.55. The molecule has 0 fully saturated rings. The second kappa shape index (κ2) is 5.23. The fourth-order valence-corrected chi connectivity index (χ4v) is 3.20. The van der Waals surface area contributed by atoms with Gasteiger partial charge in [-0.25, -0.2) is 13.6 Å². The molecule has 1 aromatic carbocycles. The topological polar surface area (TPSA) is 72.2 Å². The second-order valence-corrected chi connectivity index (χ2v) is 7.62. The second-order valence-electron chi connectivity index (χ2n) is 5.88. The average molecular weight is 282 g/mol. The van der Waals surface area contributed by atoms with E-state index in [1.165, 1.54) is 11.1 Å². The monoisotopic (exact) mass is 282 g/mol. The van der Waals surface area contributed by atoms with Gasteiger partial charge in [0, 0.05) is 12.6 Å². The standard InChI is InChI=1S/C14H22N2O2S/c1-14(2)8-7-13(16-9-10-19(15,17)18)11-5-3-4-6-12(11)14/h3-6,13,16H,7-10H2,1-2H3,(H2,15,17,18). The Labute approximate surface area is 115 Å². The molecule has 0 heterocycles. The summed E-state index contributed by atoms with van der Waals surface area (Å²) in [7, 11) is -3.39. The molecule has 1 aliphatic carbocycles. The highest BCUT2D eigenvalue weighted by Crippen LogP contribution is 2.41. The number of fused-ring (bicyclic) bond motifs is 1. The summed E-state index contributed by atoms with van der Waals surface area (Å²) in [6.45, 7) is 4.91. The lowest BCUT2D eigenvalue weighted by molar-refractivity contribution is 0.362. The van der Waals surface area contributed by atoms with Crippen LogP contribution >= 0.6 is 0 Å². The first-order chi connectivity index (χ1) is 8.80. The molecule has 19 heavy (non-hydrogen) atoms. The molecule has 2 rings (SSSR count). The Morgan fingerprint density at radius 3 is 2.74 bits per heavy atom. The molecule has 0 saturated heterocycles. The van der Waals surface area contributed by atoms with E-state index in [4.69, 9.17) is 5.14 Å². The molecule has 4 nitrogen and oxygen atoms in total. The molecule has 0 spiro atoms. The van der Waals surface area contributed by atoms with E-state index in [0.29, 0.717) is 6.54 Å². The number of benzene rings is 1. The minimum absolute atomic E-state index is 0.0188. The van der Waals surface area contributed by atoms with E-state index in [-0.39, 0.29) is 17.2 Å². The van der Waals surface area contributed by atoms with Crippen LogP contribution < -0.4 is 10.5 Å². The summed E-state index contributed by atoms with van der Waals surface area (Å²) in [5.74, 6) is -0.0188. The summed E-state index contributed by atoms with van der Waals surface area (Å²) in [6.07, 6.45) is 2.12. The molecule has 1 unspecified atom stereocenters. The van der Waals surface area contributed by atoms with Gasteiger partial charge in [-0.05, 0) is 29.4 Å². The average Bonchev–Trinajstić information content (AvgIpc) is 2.31. The first-order valence-electron chi connectivity index (χ1n) is 6.63. The molecular weight excluding hydrogens is 260 g/mol. The zero-order valence-corrected chi connectivity index (χ0v) is 12.3. The summed E-state index contributed by atoms with van der Waals surface area (Å²) in [5, 5.41) is 8.33. The molecule has 0 aromatic heterocycles. The van der Waals surface area contributed by atoms with Crippen molar-refractivity contribution in [1.82, 2.24) is 5.32 Å². The van der Waals surface area contributed by atoms with Gasteiger partial charge in [-0.2, -0.15) is 0 Å². The molecule has 5 heteroatoms. The lowest BCUT2D eigenvalue weighted by atomic mass is 9.71. The van der Waals surface area contributed by atoms with Gasteiger partial charge in [0.25, 0.3) is 0 Å². The number of nitrogens with two attached hydrogens (primary N) is 1. The van der Waals surface area contributed by atoms with Gasteiger partial charge in [0.15, 0.2) is 0 Å². The summed E-state index contributed by atoms with van der Waals surface area (Å²) in [6, 6.07) is 8.63. The molecule has 3 N–H and O–H groups in total. The van der Waals surface area contributed by atoms with Crippen molar-refractivity contribution >= 4 is 10.0 Å². The molecule has 0 radical (unpaired) electrons. The van der Waals surface area contributed by atoms with Crippen molar-refractivity contribution < 1.29 is 8.42 Å². The lowest BCUT2D eigenvalue weighted by Gasteiger charge is -2.37. The van der Waals surface area contributed by atoms with Crippen molar-refractivity contribution in [2.24, 2.45) is 5.14 Å². The maximum atomic E-state index is 11.0. The Bertz CT molecular complexity index is 552. The van der Waals surface area contributed by atoms with Crippen LogP contribution in [0.15, 0.2) is 24.3 Å². The third-order valence-corrected chi connectivity index (χ3v) is 4.67. The largest absolute Gasteiger partial charge is 0.309 e. The van der Waals surface area contributed by atoms with Gasteiger partial charge in [-0.15, -0.1) is 0 Å². The SMILES string of the molecule is CC1(C)CCC(NCCS(N)(=O)=O)c2ccccc21. The minimum atomic E-state index is -3.39. The Morgan fingerprint density at radius 2 is 2.05 bits per heavy atom. The molecule has 0 amide bonds. The van der Waals surface area contributed by atoms with E-state index >= 15 is 0 Å². The van der Waals surface area contributed by atoms with Gasteiger partial charge in [0.1, 0.15) is 0 Å². The van der Waals surface area contributed by atoms with Crippen molar-refractivity contribution in [3.63, 3.8) is 0 Å². The van der Waals surface area contributed by atoms with E-state index in [1.54, 1.807) is 0 Å². The van der Waals surface area contributed by atoms with E-state index in [0.717, 1.165) is 12.8 Å². The van der Waals surface area contributed by atoms with E-state index < -0.39 is 10.0 Å². The first kappa shape index (κ1) is 14.5. The molecule has 1 atom stereocenters. The number of sulfonamides is 1. The predicted octanol–water partition coefficient (Wildman–Crippen LogP) is 1.68. The molecule has 0 aliphatic heterocycles. The Morgan fingerprint density at radius 1 is 1.37 bits per heavy atom. The van der Waals surface area contributed by atoms with Crippen molar-refractivity contribution in [3.05, 3.63) is 35.4 Å². The molecule has 106 valence electrons. The van der Waals surface area contributed by atoms with Crippen LogP contribution in [0.25, 0.3) is 0 Å². The lowest BCUT2D eigenvalue weighted by Crippen LogP contribution is -2.35. The zero-order chi connectivity index (χ0) is 14.1. The van der Waals surface area contributed by atoms with Gasteiger partial charge in [0.05, 0.1) is 5.75 Å². The van der Waals surface area contributed by atoms with Crippen LogP contribution in [0.2, 0.25) is 0 Å². The molecule has 1 aromatic rings. The molecule has 0 saturated carbocycles. The number of nitrogens with one attached hydrogen (secondary N) is 1. The van der Waals surface area contributed by atoms with Crippen LogP contribution in [0.4, 0.5) is 0 Å². The normalized spacial score (nSPS) is 21.9. The molecular formula is C14H22N2O2S. The Hall–Kier alpha value is -0.910. The third-order valence-electron chi connectivity index (χ3n) is 3.90. The van der Waals surface area contributed by atoms with Crippen molar-refractivity contribution in [2.45, 2.75) is 38.1 Å². The maximum Gasteiger partial charge on any atom is 0.210 e. The van der Waals surface area contributed by atoms with Crippen LogP contribution in [0.1, 0.15) is 43.9 Å². The smallest absolute Gasteiger partial charge is 0.210 e. The highest BCUT2D eigenvalue weighted by molar-refractivity contribution is 7.89. The van der Waals surface area contributed by atoms with Crippen molar-refractivity contribution in [3.8, 4) is 0 Å². The van der Waals surface area contributed by atoms with Gasteiger partial charge in [-0.3, -0.25) is 0 Å². The predicted molar refractivity (Wildman–Crippen MR) is 77.4 cm³/mol. The van der Waals surface area contributed by atoms with Gasteiger partial charge in [-0.1, -0.05) is 38.1 Å². The molecule has 1 aliphatic rings. The van der Waals surface area contributed by atoms with E-state index in [9.17, 15) is 8.42 Å². The first-order valence-corrected chi connectivity index (χ1v) is 8.34. The van der Waals surface area contributed by atoms with Gasteiger partial charge < -0.3 is 5.32 Å². The highest BCUT2D eigenvalue weighted by Gasteiger charge is 2.31. The number of rotatable bonds is 4. The van der Waals surface area contributed by atoms with Gasteiger partial charge in [0.2, 0.25) is 10.0 Å².